The molecule has 1 heterocycles. The zero-order valence-electron chi connectivity index (χ0n) is 13.0. The number of nitrogens with zero attached hydrogens (tertiary/aromatic N) is 1. The lowest BCUT2D eigenvalue weighted by atomic mass is 9.71. The molecule has 1 saturated heterocycles. The van der Waals surface area contributed by atoms with Crippen LogP contribution in [0.25, 0.3) is 0 Å². The molecule has 0 bridgehead atoms. The van der Waals surface area contributed by atoms with E-state index in [0.717, 1.165) is 25.7 Å². The van der Waals surface area contributed by atoms with E-state index in [-0.39, 0.29) is 17.7 Å². The van der Waals surface area contributed by atoms with Gasteiger partial charge in [-0.3, -0.25) is 4.79 Å². The second-order valence-electron chi connectivity index (χ2n) is 6.81. The standard InChI is InChI=1S/C15H27N3O3/c1-10(2)12(17-14(16)20)13(19)18-8-7-15(21)6-4-3-5-11(15)9-18/h10-12,21H,3-9H2,1-2H3,(H3,16,17,20). The quantitative estimate of drug-likeness (QED) is 0.720. The molecule has 0 radical (unpaired) electrons. The van der Waals surface area contributed by atoms with Crippen molar-refractivity contribution in [2.45, 2.75) is 57.6 Å². The maximum absolute atomic E-state index is 12.6. The first-order valence-electron chi connectivity index (χ1n) is 7.90. The van der Waals surface area contributed by atoms with Crippen LogP contribution in [0.4, 0.5) is 4.79 Å². The summed E-state index contributed by atoms with van der Waals surface area (Å²) in [4.78, 5) is 25.5. The molecule has 1 aliphatic carbocycles. The highest BCUT2D eigenvalue weighted by Gasteiger charge is 2.44. The number of aliphatic hydroxyl groups is 1. The minimum atomic E-state index is -0.673. The Hall–Kier alpha value is -1.30. The molecule has 1 saturated carbocycles. The highest BCUT2D eigenvalue weighted by molar-refractivity contribution is 5.87. The zero-order valence-corrected chi connectivity index (χ0v) is 13.0. The molecule has 2 fully saturated rings. The van der Waals surface area contributed by atoms with Crippen molar-refractivity contribution in [3.63, 3.8) is 0 Å². The molecule has 4 N–H and O–H groups in total. The van der Waals surface area contributed by atoms with Gasteiger partial charge in [0.1, 0.15) is 6.04 Å². The molecule has 21 heavy (non-hydrogen) atoms. The van der Waals surface area contributed by atoms with Crippen LogP contribution >= 0.6 is 0 Å². The Morgan fingerprint density at radius 2 is 2.05 bits per heavy atom. The van der Waals surface area contributed by atoms with Crippen molar-refractivity contribution < 1.29 is 14.7 Å². The molecule has 0 aromatic heterocycles. The van der Waals surface area contributed by atoms with E-state index < -0.39 is 17.7 Å². The summed E-state index contributed by atoms with van der Waals surface area (Å²) in [6.07, 6.45) is 4.62. The summed E-state index contributed by atoms with van der Waals surface area (Å²) in [6.45, 7) is 4.91. The second kappa shape index (κ2) is 6.22. The Morgan fingerprint density at radius 3 is 2.67 bits per heavy atom. The van der Waals surface area contributed by atoms with E-state index in [9.17, 15) is 14.7 Å². The van der Waals surface area contributed by atoms with Gasteiger partial charge in [-0.15, -0.1) is 0 Å². The monoisotopic (exact) mass is 297 g/mol. The molecule has 2 aliphatic rings. The number of likely N-dealkylation sites (tertiary alicyclic amines) is 1. The molecular formula is C15H27N3O3. The smallest absolute Gasteiger partial charge is 0.312 e. The van der Waals surface area contributed by atoms with Crippen molar-refractivity contribution in [2.75, 3.05) is 13.1 Å². The van der Waals surface area contributed by atoms with Gasteiger partial charge >= 0.3 is 6.03 Å². The van der Waals surface area contributed by atoms with Crippen LogP contribution in [0.3, 0.4) is 0 Å². The summed E-state index contributed by atoms with van der Waals surface area (Å²) in [7, 11) is 0. The van der Waals surface area contributed by atoms with Crippen LogP contribution in [0.15, 0.2) is 0 Å². The van der Waals surface area contributed by atoms with E-state index in [1.54, 1.807) is 4.90 Å². The number of amides is 3. The molecule has 3 atom stereocenters. The SMILES string of the molecule is CC(C)C(NC(N)=O)C(=O)N1CCC2(O)CCCCC2C1. The number of carbonyl (C=O) groups excluding carboxylic acids is 2. The van der Waals surface area contributed by atoms with Gasteiger partial charge in [-0.1, -0.05) is 26.7 Å². The van der Waals surface area contributed by atoms with Crippen molar-refractivity contribution in [2.24, 2.45) is 17.6 Å². The van der Waals surface area contributed by atoms with Crippen molar-refractivity contribution >= 4 is 11.9 Å². The molecule has 120 valence electrons. The average molecular weight is 297 g/mol. The summed E-state index contributed by atoms with van der Waals surface area (Å²) in [6, 6.07) is -1.26. The Balaban J connectivity index is 2.04. The predicted molar refractivity (Wildman–Crippen MR) is 79.4 cm³/mol. The van der Waals surface area contributed by atoms with Crippen LogP contribution in [-0.4, -0.2) is 46.7 Å². The van der Waals surface area contributed by atoms with Crippen molar-refractivity contribution in [1.29, 1.82) is 0 Å². The molecule has 0 spiro atoms. The molecule has 6 heteroatoms. The molecule has 3 unspecified atom stereocenters. The third kappa shape index (κ3) is 3.48. The molecule has 3 amide bonds. The fourth-order valence-corrected chi connectivity index (χ4v) is 3.63. The molecular weight excluding hydrogens is 270 g/mol. The lowest BCUT2D eigenvalue weighted by molar-refractivity contribution is -0.146. The van der Waals surface area contributed by atoms with E-state index in [1.807, 2.05) is 13.8 Å². The van der Waals surface area contributed by atoms with E-state index >= 15 is 0 Å². The first-order valence-corrected chi connectivity index (χ1v) is 7.90. The fourth-order valence-electron chi connectivity index (χ4n) is 3.63. The van der Waals surface area contributed by atoms with Crippen LogP contribution in [0, 0.1) is 11.8 Å². The van der Waals surface area contributed by atoms with Gasteiger partial charge in [0.2, 0.25) is 5.91 Å². The van der Waals surface area contributed by atoms with Crippen LogP contribution in [0.1, 0.15) is 46.0 Å². The summed E-state index contributed by atoms with van der Waals surface area (Å²) < 4.78 is 0. The van der Waals surface area contributed by atoms with Crippen molar-refractivity contribution in [3.8, 4) is 0 Å². The number of fused-ring (bicyclic) bond motifs is 1. The van der Waals surface area contributed by atoms with Crippen molar-refractivity contribution in [3.05, 3.63) is 0 Å². The topological polar surface area (TPSA) is 95.7 Å². The van der Waals surface area contributed by atoms with Gasteiger partial charge in [-0.25, -0.2) is 4.79 Å². The van der Waals surface area contributed by atoms with Crippen LogP contribution in [-0.2, 0) is 4.79 Å². The minimum Gasteiger partial charge on any atom is -0.389 e. The summed E-state index contributed by atoms with van der Waals surface area (Å²) in [5.74, 6) is 0.0546. The number of hydrogen-bond donors (Lipinski definition) is 3. The normalized spacial score (nSPS) is 30.7. The lowest BCUT2D eigenvalue weighted by Crippen LogP contribution is -2.59. The summed E-state index contributed by atoms with van der Waals surface area (Å²) in [5.41, 5.74) is 4.57. The average Bonchev–Trinajstić information content (AvgIpc) is 2.42. The molecule has 0 aromatic rings. The number of piperidine rings is 1. The summed E-state index contributed by atoms with van der Waals surface area (Å²) >= 11 is 0. The number of urea groups is 1. The molecule has 2 rings (SSSR count). The van der Waals surface area contributed by atoms with Crippen LogP contribution in [0.5, 0.6) is 0 Å². The van der Waals surface area contributed by atoms with Crippen LogP contribution < -0.4 is 11.1 Å². The third-order valence-corrected chi connectivity index (χ3v) is 4.97. The van der Waals surface area contributed by atoms with Gasteiger partial charge < -0.3 is 21.1 Å². The number of nitrogens with two attached hydrogens (primary N) is 1. The maximum atomic E-state index is 12.6. The third-order valence-electron chi connectivity index (χ3n) is 4.97. The fraction of sp³-hybridized carbons (Fsp3) is 0.867. The Bertz CT molecular complexity index is 413. The van der Waals surface area contributed by atoms with Gasteiger partial charge in [0, 0.05) is 19.0 Å². The second-order valence-corrected chi connectivity index (χ2v) is 6.81. The number of nitrogens with one attached hydrogen (secondary N) is 1. The largest absolute Gasteiger partial charge is 0.389 e. The van der Waals surface area contributed by atoms with E-state index in [1.165, 1.54) is 0 Å². The molecule has 6 nitrogen and oxygen atoms in total. The molecule has 1 aliphatic heterocycles. The van der Waals surface area contributed by atoms with Gasteiger partial charge in [0.15, 0.2) is 0 Å². The predicted octanol–water partition coefficient (Wildman–Crippen LogP) is 0.833. The van der Waals surface area contributed by atoms with Crippen LogP contribution in [0.2, 0.25) is 0 Å². The zero-order chi connectivity index (χ0) is 15.6. The highest BCUT2D eigenvalue weighted by atomic mass is 16.3. The van der Waals surface area contributed by atoms with Gasteiger partial charge in [0.25, 0.3) is 0 Å². The number of hydrogen-bond acceptors (Lipinski definition) is 3. The van der Waals surface area contributed by atoms with E-state index in [4.69, 9.17) is 5.73 Å². The van der Waals surface area contributed by atoms with Gasteiger partial charge in [0.05, 0.1) is 5.60 Å². The minimum absolute atomic E-state index is 0.0165. The first kappa shape index (κ1) is 16.1. The Labute approximate surface area is 126 Å². The maximum Gasteiger partial charge on any atom is 0.312 e. The number of rotatable bonds is 3. The molecule has 0 aromatic carbocycles. The lowest BCUT2D eigenvalue weighted by Gasteiger charge is -2.48. The van der Waals surface area contributed by atoms with E-state index in [2.05, 4.69) is 5.32 Å². The summed E-state index contributed by atoms with van der Waals surface area (Å²) in [5, 5.41) is 13.2. The first-order chi connectivity index (χ1) is 9.83. The van der Waals surface area contributed by atoms with Gasteiger partial charge in [-0.2, -0.15) is 0 Å². The Kier molecular flexibility index (Phi) is 4.76. The number of primary amides is 1. The Morgan fingerprint density at radius 1 is 1.33 bits per heavy atom. The van der Waals surface area contributed by atoms with E-state index in [0.29, 0.717) is 19.5 Å². The highest BCUT2D eigenvalue weighted by Crippen LogP contribution is 2.39. The van der Waals surface area contributed by atoms with Crippen molar-refractivity contribution in [1.82, 2.24) is 10.2 Å². The number of carbonyl (C=O) groups is 2. The van der Waals surface area contributed by atoms with Gasteiger partial charge in [-0.05, 0) is 25.2 Å².